The Bertz CT molecular complexity index is 1750. The highest BCUT2D eigenvalue weighted by Crippen LogP contribution is 2.36. The molecule has 0 aliphatic carbocycles. The van der Waals surface area contributed by atoms with E-state index in [1.807, 2.05) is 0 Å². The van der Waals surface area contributed by atoms with E-state index in [1.54, 1.807) is 70.2 Å². The van der Waals surface area contributed by atoms with E-state index < -0.39 is 23.7 Å². The van der Waals surface area contributed by atoms with Crippen LogP contribution in [0.25, 0.3) is 21.5 Å². The number of hydrogen-bond donors (Lipinski definition) is 2. The van der Waals surface area contributed by atoms with Gasteiger partial charge < -0.3 is 19.7 Å². The molecule has 204 valence electrons. The molecule has 0 saturated heterocycles. The molecular weight excluding hydrogens is 538 g/mol. The van der Waals surface area contributed by atoms with Gasteiger partial charge in [-0.25, -0.2) is 14.5 Å². The Kier molecular flexibility index (Phi) is 6.77. The lowest BCUT2D eigenvalue weighted by Crippen LogP contribution is -2.33. The predicted octanol–water partition coefficient (Wildman–Crippen LogP) is 5.70. The second-order valence-electron chi connectivity index (χ2n) is 9.65. The van der Waals surface area contributed by atoms with Crippen molar-refractivity contribution >= 4 is 56.8 Å². The molecule has 5 rings (SSSR count). The van der Waals surface area contributed by atoms with Gasteiger partial charge in [-0.1, -0.05) is 28.6 Å². The largest absolute Gasteiger partial charge is 0.463 e. The van der Waals surface area contributed by atoms with Gasteiger partial charge >= 0.3 is 12.2 Å². The Labute approximate surface area is 231 Å². The Morgan fingerprint density at radius 2 is 1.90 bits per heavy atom. The van der Waals surface area contributed by atoms with Gasteiger partial charge in [0.15, 0.2) is 5.69 Å². The molecule has 0 radical (unpaired) electrons. The van der Waals surface area contributed by atoms with Gasteiger partial charge in [-0.3, -0.25) is 4.79 Å². The van der Waals surface area contributed by atoms with Crippen LogP contribution in [0.5, 0.6) is 0 Å². The zero-order chi connectivity index (χ0) is 28.6. The Balaban J connectivity index is 1.47. The van der Waals surface area contributed by atoms with E-state index in [0.717, 1.165) is 16.0 Å². The lowest BCUT2D eigenvalue weighted by molar-refractivity contribution is 0.0598. The number of benzene rings is 2. The van der Waals surface area contributed by atoms with Crippen molar-refractivity contribution in [3.05, 3.63) is 66.2 Å². The smallest absolute Gasteiger partial charge is 0.432 e. The van der Waals surface area contributed by atoms with Crippen LogP contribution in [0.15, 0.2) is 59.3 Å². The molecule has 5 aromatic rings. The van der Waals surface area contributed by atoms with Gasteiger partial charge in [-0.05, 0) is 58.0 Å². The molecule has 2 N–H and O–H groups in total. The summed E-state index contributed by atoms with van der Waals surface area (Å²) in [6.45, 7) is 6.93. The van der Waals surface area contributed by atoms with Gasteiger partial charge in [-0.15, -0.1) is 10.2 Å². The number of amides is 2. The van der Waals surface area contributed by atoms with E-state index in [2.05, 4.69) is 25.8 Å². The standard InChI is InChI=1S/C26H23N7O6S/c1-14-10-19(31-39-14)21(34)28-17-7-5-6-15(11-17)22-29-30-23(40-22)32(25(37)38-26(2,3)4)18-8-9-20-16(12-18)13-27-33(20)24(35)36/h5-13H,1-4H3,(H,28,34)(H,35,36). The summed E-state index contributed by atoms with van der Waals surface area (Å²) < 4.78 is 11.4. The second kappa shape index (κ2) is 10.2. The number of aromatic nitrogens is 5. The molecule has 3 heterocycles. The molecule has 3 aromatic heterocycles. The summed E-state index contributed by atoms with van der Waals surface area (Å²) in [5.74, 6) is 0.0920. The number of anilines is 3. The van der Waals surface area contributed by atoms with Crippen LogP contribution in [0.3, 0.4) is 0 Å². The number of carbonyl (C=O) groups is 3. The monoisotopic (exact) mass is 561 g/mol. The molecule has 0 spiro atoms. The molecule has 0 aliphatic rings. The van der Waals surface area contributed by atoms with Crippen molar-refractivity contribution in [1.82, 2.24) is 25.1 Å². The Morgan fingerprint density at radius 3 is 2.60 bits per heavy atom. The van der Waals surface area contributed by atoms with Gasteiger partial charge in [0.2, 0.25) is 5.13 Å². The average Bonchev–Trinajstić information content (AvgIpc) is 3.63. The molecule has 2 amide bonds. The fraction of sp³-hybridized carbons (Fsp3) is 0.192. The van der Waals surface area contributed by atoms with E-state index in [0.29, 0.717) is 38.6 Å². The predicted molar refractivity (Wildman–Crippen MR) is 146 cm³/mol. The van der Waals surface area contributed by atoms with Gasteiger partial charge in [0.05, 0.1) is 17.4 Å². The van der Waals surface area contributed by atoms with E-state index >= 15 is 0 Å². The summed E-state index contributed by atoms with van der Waals surface area (Å²) >= 11 is 1.13. The topological polar surface area (TPSA) is 166 Å². The van der Waals surface area contributed by atoms with Crippen LogP contribution < -0.4 is 10.2 Å². The van der Waals surface area contributed by atoms with Crippen LogP contribution in [-0.2, 0) is 4.74 Å². The maximum Gasteiger partial charge on any atom is 0.432 e. The minimum Gasteiger partial charge on any atom is -0.463 e. The normalized spacial score (nSPS) is 11.4. The van der Waals surface area contributed by atoms with Crippen molar-refractivity contribution in [2.24, 2.45) is 0 Å². The summed E-state index contributed by atoms with van der Waals surface area (Å²) in [5.41, 5.74) is 1.26. The molecule has 13 nitrogen and oxygen atoms in total. The molecule has 0 bridgehead atoms. The fourth-order valence-corrected chi connectivity index (χ4v) is 4.59. The van der Waals surface area contributed by atoms with Crippen molar-refractivity contribution in [3.8, 4) is 10.6 Å². The van der Waals surface area contributed by atoms with Crippen molar-refractivity contribution in [3.63, 3.8) is 0 Å². The number of nitrogens with one attached hydrogen (secondary N) is 1. The molecule has 40 heavy (non-hydrogen) atoms. The van der Waals surface area contributed by atoms with Crippen LogP contribution in [0.1, 0.15) is 37.0 Å². The minimum atomic E-state index is -1.23. The third kappa shape index (κ3) is 5.51. The summed E-state index contributed by atoms with van der Waals surface area (Å²) in [6, 6.07) is 13.3. The number of carbonyl (C=O) groups excluding carboxylic acids is 2. The van der Waals surface area contributed by atoms with Crippen molar-refractivity contribution in [2.75, 3.05) is 10.2 Å². The molecular formula is C26H23N7O6S. The molecule has 14 heteroatoms. The summed E-state index contributed by atoms with van der Waals surface area (Å²) in [4.78, 5) is 38.5. The van der Waals surface area contributed by atoms with Crippen molar-refractivity contribution < 1.29 is 28.8 Å². The first-order valence-electron chi connectivity index (χ1n) is 11.9. The third-order valence-electron chi connectivity index (χ3n) is 5.40. The van der Waals surface area contributed by atoms with Crippen molar-refractivity contribution in [2.45, 2.75) is 33.3 Å². The molecule has 0 saturated carbocycles. The first kappa shape index (κ1) is 26.5. The van der Waals surface area contributed by atoms with E-state index in [1.165, 1.54) is 17.2 Å². The molecule has 0 aliphatic heterocycles. The lowest BCUT2D eigenvalue weighted by atomic mass is 10.2. The highest BCUT2D eigenvalue weighted by atomic mass is 32.1. The average molecular weight is 562 g/mol. The Hall–Kier alpha value is -5.11. The van der Waals surface area contributed by atoms with Crippen LogP contribution in [0, 0.1) is 6.92 Å². The number of nitrogens with zero attached hydrogens (tertiary/aromatic N) is 6. The Morgan fingerprint density at radius 1 is 1.10 bits per heavy atom. The van der Waals surface area contributed by atoms with E-state index in [9.17, 15) is 19.5 Å². The zero-order valence-corrected chi connectivity index (χ0v) is 22.6. The van der Waals surface area contributed by atoms with Crippen LogP contribution in [0.2, 0.25) is 0 Å². The highest BCUT2D eigenvalue weighted by Gasteiger charge is 2.28. The summed E-state index contributed by atoms with van der Waals surface area (Å²) in [6.07, 6.45) is -0.523. The molecule has 0 atom stereocenters. The van der Waals surface area contributed by atoms with Gasteiger partial charge in [0, 0.05) is 22.7 Å². The zero-order valence-electron chi connectivity index (χ0n) is 21.8. The van der Waals surface area contributed by atoms with Crippen LogP contribution >= 0.6 is 11.3 Å². The van der Waals surface area contributed by atoms with Crippen molar-refractivity contribution in [1.29, 1.82) is 0 Å². The van der Waals surface area contributed by atoms with Crippen LogP contribution in [-0.4, -0.2) is 53.9 Å². The second-order valence-corrected chi connectivity index (χ2v) is 10.6. The SMILES string of the molecule is Cc1cc(C(=O)Nc2cccc(-c3nnc(N(C(=O)OC(C)(C)C)c4ccc5c(cnn5C(=O)O)c4)s3)c2)no1. The number of fused-ring (bicyclic) bond motifs is 1. The van der Waals surface area contributed by atoms with E-state index in [-0.39, 0.29) is 10.8 Å². The first-order chi connectivity index (χ1) is 19.0. The minimum absolute atomic E-state index is 0.153. The molecule has 2 aromatic carbocycles. The third-order valence-corrected chi connectivity index (χ3v) is 6.36. The number of ether oxygens (including phenoxy) is 1. The maximum absolute atomic E-state index is 13.3. The fourth-order valence-electron chi connectivity index (χ4n) is 3.73. The summed E-state index contributed by atoms with van der Waals surface area (Å²) in [7, 11) is 0. The van der Waals surface area contributed by atoms with E-state index in [4.69, 9.17) is 9.26 Å². The molecule has 0 unspecified atom stereocenters. The lowest BCUT2D eigenvalue weighted by Gasteiger charge is -2.25. The number of carboxylic acid groups (broad SMARTS) is 1. The van der Waals surface area contributed by atoms with Gasteiger partial charge in [0.25, 0.3) is 5.91 Å². The van der Waals surface area contributed by atoms with Gasteiger partial charge in [0.1, 0.15) is 16.4 Å². The number of rotatable bonds is 5. The quantitative estimate of drug-likeness (QED) is 0.272. The number of aryl methyl sites for hydroxylation is 1. The summed E-state index contributed by atoms with van der Waals surface area (Å²) in [5, 5.41) is 29.4. The van der Waals surface area contributed by atoms with Gasteiger partial charge in [-0.2, -0.15) is 9.78 Å². The highest BCUT2D eigenvalue weighted by molar-refractivity contribution is 7.18. The maximum atomic E-state index is 13.3. The van der Waals surface area contributed by atoms with Crippen LogP contribution in [0.4, 0.5) is 26.1 Å². The molecule has 0 fully saturated rings. The number of hydrogen-bond acceptors (Lipinski definition) is 10. The first-order valence-corrected chi connectivity index (χ1v) is 12.7.